The van der Waals surface area contributed by atoms with Crippen molar-refractivity contribution in [3.05, 3.63) is 53.1 Å². The maximum atomic E-state index is 6.18. The molecule has 4 rings (SSSR count). The molecule has 144 valence electrons. The van der Waals surface area contributed by atoms with Gasteiger partial charge in [-0.3, -0.25) is 4.90 Å². The highest BCUT2D eigenvalue weighted by Gasteiger charge is 2.20. The van der Waals surface area contributed by atoms with Crippen LogP contribution >= 0.6 is 11.6 Å². The molecule has 2 aromatic carbocycles. The van der Waals surface area contributed by atoms with E-state index in [0.29, 0.717) is 6.73 Å². The van der Waals surface area contributed by atoms with Crippen LogP contribution in [0.4, 0.5) is 11.4 Å². The molecule has 0 saturated carbocycles. The summed E-state index contributed by atoms with van der Waals surface area (Å²) >= 11 is 6.18. The zero-order valence-corrected chi connectivity index (χ0v) is 16.8. The summed E-state index contributed by atoms with van der Waals surface area (Å²) in [5.41, 5.74) is 3.83. The predicted molar refractivity (Wildman–Crippen MR) is 113 cm³/mol. The van der Waals surface area contributed by atoms with Crippen molar-refractivity contribution in [1.82, 2.24) is 4.90 Å². The lowest BCUT2D eigenvalue weighted by Crippen LogP contribution is -2.46. The van der Waals surface area contributed by atoms with Gasteiger partial charge in [0.05, 0.1) is 5.69 Å². The third-order valence-electron chi connectivity index (χ3n) is 5.62. The SMILES string of the molecule is Cc1ccc(Cl)cc1N1CCN(CCCCN2COc3ccccc32)CC1. The maximum Gasteiger partial charge on any atom is 0.161 e. The first-order valence-electron chi connectivity index (χ1n) is 9.91. The predicted octanol–water partition coefficient (Wildman–Crippen LogP) is 4.41. The van der Waals surface area contributed by atoms with Crippen LogP contribution in [0.3, 0.4) is 0 Å². The Hall–Kier alpha value is -1.91. The molecule has 0 aliphatic carbocycles. The Bertz CT molecular complexity index is 774. The second-order valence-corrected chi connectivity index (χ2v) is 7.91. The van der Waals surface area contributed by atoms with Crippen molar-refractivity contribution in [2.24, 2.45) is 0 Å². The van der Waals surface area contributed by atoms with E-state index in [4.69, 9.17) is 16.3 Å². The highest BCUT2D eigenvalue weighted by Crippen LogP contribution is 2.33. The number of nitrogens with zero attached hydrogens (tertiary/aromatic N) is 3. The lowest BCUT2D eigenvalue weighted by atomic mass is 10.1. The van der Waals surface area contributed by atoms with Crippen LogP contribution in [0.2, 0.25) is 5.02 Å². The van der Waals surface area contributed by atoms with Crippen molar-refractivity contribution in [2.75, 3.05) is 55.8 Å². The van der Waals surface area contributed by atoms with Crippen LogP contribution in [-0.4, -0.2) is 50.9 Å². The average molecular weight is 386 g/mol. The quantitative estimate of drug-likeness (QED) is 0.685. The molecule has 4 nitrogen and oxygen atoms in total. The molecular formula is C22H28ClN3O. The van der Waals surface area contributed by atoms with Gasteiger partial charge >= 0.3 is 0 Å². The van der Waals surface area contributed by atoms with Gasteiger partial charge < -0.3 is 14.5 Å². The largest absolute Gasteiger partial charge is 0.471 e. The minimum absolute atomic E-state index is 0.691. The fourth-order valence-corrected chi connectivity index (χ4v) is 4.18. The van der Waals surface area contributed by atoms with Crippen LogP contribution in [0, 0.1) is 6.92 Å². The number of benzene rings is 2. The van der Waals surface area contributed by atoms with E-state index in [1.807, 2.05) is 12.1 Å². The number of rotatable bonds is 6. The molecule has 0 unspecified atom stereocenters. The molecule has 1 fully saturated rings. The van der Waals surface area contributed by atoms with E-state index in [1.165, 1.54) is 36.3 Å². The number of aryl methyl sites for hydroxylation is 1. The van der Waals surface area contributed by atoms with E-state index in [-0.39, 0.29) is 0 Å². The molecular weight excluding hydrogens is 358 g/mol. The summed E-state index contributed by atoms with van der Waals surface area (Å²) in [5.74, 6) is 1.02. The van der Waals surface area contributed by atoms with Gasteiger partial charge in [0.25, 0.3) is 0 Å². The Balaban J connectivity index is 1.19. The number of halogens is 1. The number of anilines is 2. The molecule has 2 aliphatic rings. The average Bonchev–Trinajstić information content (AvgIpc) is 3.11. The van der Waals surface area contributed by atoms with Gasteiger partial charge in [0.2, 0.25) is 0 Å². The number of hydrogen-bond acceptors (Lipinski definition) is 4. The molecule has 2 heterocycles. The number of unbranched alkanes of at least 4 members (excludes halogenated alkanes) is 1. The van der Waals surface area contributed by atoms with Crippen LogP contribution in [0.25, 0.3) is 0 Å². The minimum Gasteiger partial charge on any atom is -0.471 e. The monoisotopic (exact) mass is 385 g/mol. The van der Waals surface area contributed by atoms with E-state index < -0.39 is 0 Å². The minimum atomic E-state index is 0.691. The number of hydrogen-bond donors (Lipinski definition) is 0. The van der Waals surface area contributed by atoms with Crippen molar-refractivity contribution in [2.45, 2.75) is 19.8 Å². The zero-order valence-electron chi connectivity index (χ0n) is 16.0. The summed E-state index contributed by atoms with van der Waals surface area (Å²) in [7, 11) is 0. The third-order valence-corrected chi connectivity index (χ3v) is 5.85. The number of para-hydroxylation sites is 2. The molecule has 2 aromatic rings. The first-order valence-corrected chi connectivity index (χ1v) is 10.3. The molecule has 27 heavy (non-hydrogen) atoms. The topological polar surface area (TPSA) is 19.0 Å². The number of fused-ring (bicyclic) bond motifs is 1. The highest BCUT2D eigenvalue weighted by molar-refractivity contribution is 6.30. The summed E-state index contributed by atoms with van der Waals surface area (Å²) < 4.78 is 5.73. The van der Waals surface area contributed by atoms with Crippen LogP contribution in [-0.2, 0) is 0 Å². The molecule has 0 radical (unpaired) electrons. The molecule has 0 bridgehead atoms. The van der Waals surface area contributed by atoms with Gasteiger partial charge in [0.15, 0.2) is 6.73 Å². The number of ether oxygens (including phenoxy) is 1. The molecule has 5 heteroatoms. The van der Waals surface area contributed by atoms with Gasteiger partial charge in [0.1, 0.15) is 5.75 Å². The van der Waals surface area contributed by atoms with Crippen molar-refractivity contribution < 1.29 is 4.74 Å². The normalized spacial score (nSPS) is 17.1. The Kier molecular flexibility index (Phi) is 5.74. The molecule has 0 spiro atoms. The van der Waals surface area contributed by atoms with E-state index in [9.17, 15) is 0 Å². The first-order chi connectivity index (χ1) is 13.2. The third kappa shape index (κ3) is 4.33. The Morgan fingerprint density at radius 1 is 0.926 bits per heavy atom. The fraction of sp³-hybridized carbons (Fsp3) is 0.455. The molecule has 0 N–H and O–H groups in total. The second-order valence-electron chi connectivity index (χ2n) is 7.47. The van der Waals surface area contributed by atoms with Gasteiger partial charge in [-0.15, -0.1) is 0 Å². The van der Waals surface area contributed by atoms with Crippen molar-refractivity contribution >= 4 is 23.0 Å². The van der Waals surface area contributed by atoms with Crippen molar-refractivity contribution in [1.29, 1.82) is 0 Å². The standard InChI is InChI=1S/C22H28ClN3O/c1-18-8-9-19(23)16-21(18)25-14-12-24(13-15-25)10-4-5-11-26-17-27-22-7-3-2-6-20(22)26/h2-3,6-9,16H,4-5,10-15,17H2,1H3. The summed E-state index contributed by atoms with van der Waals surface area (Å²) in [5, 5.41) is 0.825. The molecule has 0 aromatic heterocycles. The smallest absolute Gasteiger partial charge is 0.161 e. The zero-order chi connectivity index (χ0) is 18.6. The summed E-state index contributed by atoms with van der Waals surface area (Å²) in [4.78, 5) is 7.40. The lowest BCUT2D eigenvalue weighted by molar-refractivity contribution is 0.252. The molecule has 0 atom stereocenters. The van der Waals surface area contributed by atoms with Crippen LogP contribution in [0.5, 0.6) is 5.75 Å². The Labute approximate surface area is 167 Å². The van der Waals surface area contributed by atoms with Crippen LogP contribution in [0.15, 0.2) is 42.5 Å². The van der Waals surface area contributed by atoms with Crippen LogP contribution in [0.1, 0.15) is 18.4 Å². The first kappa shape index (κ1) is 18.5. The Morgan fingerprint density at radius 3 is 2.56 bits per heavy atom. The van der Waals surface area contributed by atoms with Gasteiger partial charge in [-0.1, -0.05) is 29.8 Å². The maximum absolute atomic E-state index is 6.18. The highest BCUT2D eigenvalue weighted by atomic mass is 35.5. The van der Waals surface area contributed by atoms with E-state index in [0.717, 1.165) is 43.5 Å². The van der Waals surface area contributed by atoms with Crippen LogP contribution < -0.4 is 14.5 Å². The van der Waals surface area contributed by atoms with E-state index in [1.54, 1.807) is 0 Å². The second kappa shape index (κ2) is 8.41. The molecule has 0 amide bonds. The van der Waals surface area contributed by atoms with Gasteiger partial charge in [-0.25, -0.2) is 0 Å². The summed E-state index contributed by atoms with van der Waals surface area (Å²) in [6, 6.07) is 14.5. The lowest BCUT2D eigenvalue weighted by Gasteiger charge is -2.37. The van der Waals surface area contributed by atoms with Gasteiger partial charge in [-0.05, 0) is 56.1 Å². The summed E-state index contributed by atoms with van der Waals surface area (Å²) in [6.07, 6.45) is 2.43. The van der Waals surface area contributed by atoms with Gasteiger partial charge in [-0.2, -0.15) is 0 Å². The summed E-state index contributed by atoms with van der Waals surface area (Å²) in [6.45, 7) is 9.51. The molecule has 1 saturated heterocycles. The fourth-order valence-electron chi connectivity index (χ4n) is 4.02. The van der Waals surface area contributed by atoms with Crippen molar-refractivity contribution in [3.8, 4) is 5.75 Å². The van der Waals surface area contributed by atoms with E-state index >= 15 is 0 Å². The Morgan fingerprint density at radius 2 is 1.70 bits per heavy atom. The van der Waals surface area contributed by atoms with E-state index in [2.05, 4.69) is 52.0 Å². The van der Waals surface area contributed by atoms with Gasteiger partial charge in [0, 0.05) is 43.4 Å². The molecule has 2 aliphatic heterocycles. The van der Waals surface area contributed by atoms with Crippen molar-refractivity contribution in [3.63, 3.8) is 0 Å². The number of piperazine rings is 1.